The van der Waals surface area contributed by atoms with Crippen LogP contribution < -0.4 is 16.0 Å². The predicted molar refractivity (Wildman–Crippen MR) is 113 cm³/mol. The zero-order chi connectivity index (χ0) is 20.7. The second-order valence-corrected chi connectivity index (χ2v) is 7.69. The van der Waals surface area contributed by atoms with Gasteiger partial charge in [-0.2, -0.15) is 0 Å². The van der Waals surface area contributed by atoms with Crippen LogP contribution in [0, 0.1) is 19.8 Å². The lowest BCUT2D eigenvalue weighted by atomic mass is 9.95. The predicted octanol–water partition coefficient (Wildman–Crippen LogP) is 2.71. The Morgan fingerprint density at radius 3 is 2.11 bits per heavy atom. The fourth-order valence-corrected chi connectivity index (χ4v) is 3.32. The fraction of sp³-hybridized carbons (Fsp3) is 0.391. The van der Waals surface area contributed by atoms with E-state index >= 15 is 0 Å². The molecule has 5 heteroatoms. The van der Waals surface area contributed by atoms with Crippen LogP contribution in [0.25, 0.3) is 0 Å². The van der Waals surface area contributed by atoms with E-state index in [1.807, 2.05) is 57.2 Å². The highest BCUT2D eigenvalue weighted by molar-refractivity contribution is 5.96. The monoisotopic (exact) mass is 382 g/mol. The van der Waals surface area contributed by atoms with Gasteiger partial charge in [-0.3, -0.25) is 9.59 Å². The molecule has 0 bridgehead atoms. The Hall–Kier alpha value is -2.66. The third kappa shape index (κ3) is 5.92. The van der Waals surface area contributed by atoms with Crippen molar-refractivity contribution >= 4 is 17.5 Å². The molecule has 150 valence electrons. The number of rotatable bonds is 8. The SMILES string of the molecule is Cc1cccc(C)c1NC(=O)CNC(=O)[C@H](C)[NH2+][C@H](c1ccccc1)C(C)C. The quantitative estimate of drug-likeness (QED) is 0.657. The number of quaternary nitrogens is 1. The van der Waals surface area contributed by atoms with Crippen molar-refractivity contribution in [2.45, 2.75) is 46.7 Å². The summed E-state index contributed by atoms with van der Waals surface area (Å²) in [5.74, 6) is 0.0182. The minimum absolute atomic E-state index is 0.0392. The van der Waals surface area contributed by atoms with Crippen molar-refractivity contribution in [3.8, 4) is 0 Å². The van der Waals surface area contributed by atoms with Gasteiger partial charge in [-0.25, -0.2) is 0 Å². The lowest BCUT2D eigenvalue weighted by Gasteiger charge is -2.23. The Balaban J connectivity index is 1.90. The highest BCUT2D eigenvalue weighted by atomic mass is 16.2. The molecule has 0 spiro atoms. The van der Waals surface area contributed by atoms with Gasteiger partial charge in [0.25, 0.3) is 5.91 Å². The first-order valence-electron chi connectivity index (χ1n) is 9.83. The lowest BCUT2D eigenvalue weighted by Crippen LogP contribution is -2.93. The van der Waals surface area contributed by atoms with Crippen molar-refractivity contribution in [1.29, 1.82) is 0 Å². The number of hydrogen-bond acceptors (Lipinski definition) is 2. The van der Waals surface area contributed by atoms with Gasteiger partial charge in [0.1, 0.15) is 6.04 Å². The third-order valence-electron chi connectivity index (χ3n) is 4.98. The van der Waals surface area contributed by atoms with Crippen LogP contribution >= 0.6 is 0 Å². The number of nitrogens with one attached hydrogen (secondary N) is 2. The molecule has 0 saturated carbocycles. The van der Waals surface area contributed by atoms with Crippen LogP contribution in [0.5, 0.6) is 0 Å². The number of carbonyl (C=O) groups is 2. The number of benzene rings is 2. The van der Waals surface area contributed by atoms with Crippen LogP contribution in [-0.2, 0) is 9.59 Å². The lowest BCUT2D eigenvalue weighted by molar-refractivity contribution is -0.719. The number of aryl methyl sites for hydroxylation is 2. The van der Waals surface area contributed by atoms with Crippen molar-refractivity contribution in [2.75, 3.05) is 11.9 Å². The number of anilines is 1. The average Bonchev–Trinajstić information content (AvgIpc) is 2.67. The molecule has 0 fully saturated rings. The van der Waals surface area contributed by atoms with Crippen LogP contribution in [0.3, 0.4) is 0 Å². The van der Waals surface area contributed by atoms with E-state index < -0.39 is 0 Å². The molecule has 2 rings (SSSR count). The van der Waals surface area contributed by atoms with E-state index in [0.717, 1.165) is 16.8 Å². The van der Waals surface area contributed by atoms with E-state index in [1.165, 1.54) is 5.56 Å². The van der Waals surface area contributed by atoms with Gasteiger partial charge in [0.2, 0.25) is 5.91 Å². The van der Waals surface area contributed by atoms with Crippen molar-refractivity contribution in [3.05, 3.63) is 65.2 Å². The molecule has 0 aliphatic carbocycles. The fourth-order valence-electron chi connectivity index (χ4n) is 3.32. The normalized spacial score (nSPS) is 13.1. The Bertz CT molecular complexity index is 782. The van der Waals surface area contributed by atoms with Gasteiger partial charge in [-0.1, -0.05) is 62.4 Å². The number of nitrogens with two attached hydrogens (primary N) is 1. The zero-order valence-corrected chi connectivity index (χ0v) is 17.5. The Kier molecular flexibility index (Phi) is 7.76. The van der Waals surface area contributed by atoms with E-state index in [2.05, 4.69) is 41.9 Å². The van der Waals surface area contributed by atoms with Gasteiger partial charge in [-0.15, -0.1) is 0 Å². The first kappa shape index (κ1) is 21.6. The molecule has 0 radical (unpaired) electrons. The minimum Gasteiger partial charge on any atom is -0.342 e. The molecule has 5 nitrogen and oxygen atoms in total. The van der Waals surface area contributed by atoms with Gasteiger partial charge in [0.05, 0.1) is 6.54 Å². The Labute approximate surface area is 167 Å². The molecule has 4 N–H and O–H groups in total. The molecule has 28 heavy (non-hydrogen) atoms. The standard InChI is InChI=1S/C23H31N3O2/c1-15(2)21(19-12-7-6-8-13-19)25-18(5)23(28)24-14-20(27)26-22-16(3)10-9-11-17(22)4/h6-13,15,18,21,25H,14H2,1-5H3,(H,24,28)(H,26,27)/p+1/t18-,21-/m0/s1. The molecular weight excluding hydrogens is 350 g/mol. The first-order valence-corrected chi connectivity index (χ1v) is 9.83. The highest BCUT2D eigenvalue weighted by Gasteiger charge is 2.25. The van der Waals surface area contributed by atoms with Crippen LogP contribution in [0.15, 0.2) is 48.5 Å². The summed E-state index contributed by atoms with van der Waals surface area (Å²) in [5, 5.41) is 7.72. The smallest absolute Gasteiger partial charge is 0.278 e. The van der Waals surface area contributed by atoms with E-state index in [4.69, 9.17) is 0 Å². The number of carbonyl (C=O) groups excluding carboxylic acids is 2. The molecule has 0 aromatic heterocycles. The summed E-state index contributed by atoms with van der Waals surface area (Å²) < 4.78 is 0. The largest absolute Gasteiger partial charge is 0.342 e. The summed E-state index contributed by atoms with van der Waals surface area (Å²) in [6.07, 6.45) is 0. The molecule has 0 unspecified atom stereocenters. The maximum absolute atomic E-state index is 12.5. The van der Waals surface area contributed by atoms with Crippen LogP contribution in [0.4, 0.5) is 5.69 Å². The summed E-state index contributed by atoms with van der Waals surface area (Å²) in [4.78, 5) is 24.8. The number of amides is 2. The number of hydrogen-bond donors (Lipinski definition) is 3. The second-order valence-electron chi connectivity index (χ2n) is 7.69. The second kappa shape index (κ2) is 10.0. The zero-order valence-electron chi connectivity index (χ0n) is 17.5. The molecule has 2 aromatic carbocycles. The van der Waals surface area contributed by atoms with Crippen LogP contribution in [0.1, 0.15) is 43.5 Å². The van der Waals surface area contributed by atoms with E-state index in [1.54, 1.807) is 0 Å². The third-order valence-corrected chi connectivity index (χ3v) is 4.98. The average molecular weight is 383 g/mol. The van der Waals surface area contributed by atoms with Gasteiger partial charge < -0.3 is 16.0 Å². The molecule has 0 saturated heterocycles. The van der Waals surface area contributed by atoms with E-state index in [-0.39, 0.29) is 30.4 Å². The molecule has 0 aliphatic rings. The summed E-state index contributed by atoms with van der Waals surface area (Å²) in [6, 6.07) is 16.0. The van der Waals surface area contributed by atoms with Gasteiger partial charge in [0, 0.05) is 17.2 Å². The van der Waals surface area contributed by atoms with E-state index in [9.17, 15) is 9.59 Å². The molecule has 2 aromatic rings. The first-order chi connectivity index (χ1) is 13.3. The molecule has 2 atom stereocenters. The summed E-state index contributed by atoms with van der Waals surface area (Å²) >= 11 is 0. The van der Waals surface area contributed by atoms with Crippen LogP contribution in [0.2, 0.25) is 0 Å². The topological polar surface area (TPSA) is 74.8 Å². The number of para-hydroxylation sites is 1. The summed E-state index contributed by atoms with van der Waals surface area (Å²) in [6.45, 7) is 10.0. The summed E-state index contributed by atoms with van der Waals surface area (Å²) in [5.41, 5.74) is 4.02. The molecule has 0 aliphatic heterocycles. The maximum Gasteiger partial charge on any atom is 0.278 e. The molecule has 0 heterocycles. The van der Waals surface area contributed by atoms with Crippen molar-refractivity contribution in [2.24, 2.45) is 5.92 Å². The Morgan fingerprint density at radius 2 is 1.54 bits per heavy atom. The molecule has 2 amide bonds. The van der Waals surface area contributed by atoms with Crippen molar-refractivity contribution in [3.63, 3.8) is 0 Å². The van der Waals surface area contributed by atoms with Crippen LogP contribution in [-0.4, -0.2) is 24.4 Å². The molecular formula is C23H32N3O2+. The van der Waals surface area contributed by atoms with E-state index in [0.29, 0.717) is 5.92 Å². The van der Waals surface area contributed by atoms with Crippen molar-refractivity contribution in [1.82, 2.24) is 5.32 Å². The highest BCUT2D eigenvalue weighted by Crippen LogP contribution is 2.19. The van der Waals surface area contributed by atoms with Crippen molar-refractivity contribution < 1.29 is 14.9 Å². The Morgan fingerprint density at radius 1 is 0.929 bits per heavy atom. The van der Waals surface area contributed by atoms with Gasteiger partial charge >= 0.3 is 0 Å². The minimum atomic E-state index is -0.291. The summed E-state index contributed by atoms with van der Waals surface area (Å²) in [7, 11) is 0. The maximum atomic E-state index is 12.5. The van der Waals surface area contributed by atoms with Gasteiger partial charge in [-0.05, 0) is 31.9 Å². The van der Waals surface area contributed by atoms with Gasteiger partial charge in [0.15, 0.2) is 6.04 Å².